The molecule has 0 saturated carbocycles. The van der Waals surface area contributed by atoms with E-state index < -0.39 is 6.10 Å². The second kappa shape index (κ2) is 4.72. The van der Waals surface area contributed by atoms with Crippen molar-refractivity contribution in [3.8, 4) is 0 Å². The predicted octanol–water partition coefficient (Wildman–Crippen LogP) is 1.15. The van der Waals surface area contributed by atoms with E-state index in [0.717, 1.165) is 49.8 Å². The van der Waals surface area contributed by atoms with Gasteiger partial charge in [-0.05, 0) is 32.1 Å². The molecule has 1 saturated heterocycles. The number of likely N-dealkylation sites (tertiary alicyclic amines) is 1. The topological polar surface area (TPSA) is 66.6 Å². The highest BCUT2D eigenvalue weighted by Crippen LogP contribution is 2.25. The molecule has 1 unspecified atom stereocenters. The number of β-amino-alcohol motifs (C(OH)–C–C–N with tert-alkyl or cyclic N) is 1. The summed E-state index contributed by atoms with van der Waals surface area (Å²) in [5.41, 5.74) is 1.46. The summed E-state index contributed by atoms with van der Waals surface area (Å²) in [4.78, 5) is 14.1. The lowest BCUT2D eigenvalue weighted by Crippen LogP contribution is -2.42. The molecule has 2 heterocycles. The molecule has 0 spiro atoms. The highest BCUT2D eigenvalue weighted by Gasteiger charge is 2.29. The van der Waals surface area contributed by atoms with E-state index in [2.05, 4.69) is 5.16 Å². The Kier molecular flexibility index (Phi) is 3.07. The maximum Gasteiger partial charge on any atom is 0.276 e. The molecule has 2 aliphatic rings. The molecule has 5 nitrogen and oxygen atoms in total. The van der Waals surface area contributed by atoms with Crippen LogP contribution in [0.1, 0.15) is 47.5 Å². The van der Waals surface area contributed by atoms with Crippen LogP contribution < -0.4 is 0 Å². The van der Waals surface area contributed by atoms with Crippen LogP contribution in [0.3, 0.4) is 0 Å². The highest BCUT2D eigenvalue weighted by molar-refractivity contribution is 5.94. The molecule has 1 aliphatic carbocycles. The number of fused-ring (bicyclic) bond motifs is 1. The van der Waals surface area contributed by atoms with E-state index >= 15 is 0 Å². The van der Waals surface area contributed by atoms with Gasteiger partial charge in [0.2, 0.25) is 0 Å². The minimum atomic E-state index is -0.398. The number of nitrogens with zero attached hydrogens (tertiary/aromatic N) is 2. The van der Waals surface area contributed by atoms with Crippen LogP contribution in [0.4, 0.5) is 0 Å². The van der Waals surface area contributed by atoms with Crippen LogP contribution in [0.2, 0.25) is 0 Å². The van der Waals surface area contributed by atoms with Crippen LogP contribution in [0.25, 0.3) is 0 Å². The molecular formula is C13H18N2O3. The van der Waals surface area contributed by atoms with Crippen molar-refractivity contribution < 1.29 is 14.4 Å². The second-order valence-corrected chi connectivity index (χ2v) is 5.19. The van der Waals surface area contributed by atoms with Crippen LogP contribution in [0.5, 0.6) is 0 Å². The van der Waals surface area contributed by atoms with Gasteiger partial charge in [0.15, 0.2) is 5.69 Å². The van der Waals surface area contributed by atoms with Gasteiger partial charge in [0.1, 0.15) is 5.76 Å². The minimum absolute atomic E-state index is 0.0827. The van der Waals surface area contributed by atoms with Crippen molar-refractivity contribution in [2.24, 2.45) is 0 Å². The third kappa shape index (κ3) is 2.03. The second-order valence-electron chi connectivity index (χ2n) is 5.19. The summed E-state index contributed by atoms with van der Waals surface area (Å²) in [7, 11) is 0. The summed E-state index contributed by atoms with van der Waals surface area (Å²) in [5, 5.41) is 13.6. The normalized spacial score (nSPS) is 23.8. The van der Waals surface area contributed by atoms with Gasteiger partial charge >= 0.3 is 0 Å². The molecule has 1 aliphatic heterocycles. The van der Waals surface area contributed by atoms with E-state index in [1.807, 2.05) is 0 Å². The Balaban J connectivity index is 1.81. The summed E-state index contributed by atoms with van der Waals surface area (Å²) in [6.45, 7) is 1.12. The Morgan fingerprint density at radius 2 is 2.17 bits per heavy atom. The molecule has 3 rings (SSSR count). The summed E-state index contributed by atoms with van der Waals surface area (Å²) in [5.74, 6) is 0.794. The summed E-state index contributed by atoms with van der Waals surface area (Å²) < 4.78 is 5.27. The van der Waals surface area contributed by atoms with Crippen LogP contribution in [-0.4, -0.2) is 40.3 Å². The van der Waals surface area contributed by atoms with Crippen LogP contribution in [-0.2, 0) is 12.8 Å². The van der Waals surface area contributed by atoms with Gasteiger partial charge in [-0.2, -0.15) is 0 Å². The number of hydrogen-bond acceptors (Lipinski definition) is 4. The van der Waals surface area contributed by atoms with Crippen molar-refractivity contribution in [2.75, 3.05) is 13.1 Å². The molecule has 5 heteroatoms. The van der Waals surface area contributed by atoms with E-state index in [0.29, 0.717) is 18.8 Å². The summed E-state index contributed by atoms with van der Waals surface area (Å²) >= 11 is 0. The Morgan fingerprint density at radius 1 is 1.33 bits per heavy atom. The maximum atomic E-state index is 12.4. The third-order valence-corrected chi connectivity index (χ3v) is 3.84. The molecule has 1 aromatic rings. The average molecular weight is 250 g/mol. The number of carbonyl (C=O) groups excluding carboxylic acids is 1. The smallest absolute Gasteiger partial charge is 0.276 e. The fourth-order valence-corrected chi connectivity index (χ4v) is 2.84. The van der Waals surface area contributed by atoms with Gasteiger partial charge in [-0.1, -0.05) is 5.16 Å². The maximum absolute atomic E-state index is 12.4. The Hall–Kier alpha value is -1.36. The van der Waals surface area contributed by atoms with E-state index in [1.165, 1.54) is 0 Å². The minimum Gasteiger partial charge on any atom is -0.391 e. The van der Waals surface area contributed by atoms with Gasteiger partial charge in [-0.3, -0.25) is 4.79 Å². The molecule has 1 aromatic heterocycles. The monoisotopic (exact) mass is 250 g/mol. The number of aromatic nitrogens is 1. The molecule has 0 radical (unpaired) electrons. The zero-order valence-electron chi connectivity index (χ0n) is 10.4. The van der Waals surface area contributed by atoms with Crippen molar-refractivity contribution in [3.05, 3.63) is 17.0 Å². The first-order chi connectivity index (χ1) is 8.75. The van der Waals surface area contributed by atoms with Crippen molar-refractivity contribution in [1.82, 2.24) is 10.1 Å². The van der Waals surface area contributed by atoms with Gasteiger partial charge in [0.05, 0.1) is 6.10 Å². The lowest BCUT2D eigenvalue weighted by atomic mass is 9.96. The molecule has 1 amide bonds. The number of aryl methyl sites for hydroxylation is 1. The lowest BCUT2D eigenvalue weighted by molar-refractivity contribution is 0.0464. The molecule has 1 atom stereocenters. The number of rotatable bonds is 1. The molecule has 18 heavy (non-hydrogen) atoms. The average Bonchev–Trinajstić information content (AvgIpc) is 2.82. The third-order valence-electron chi connectivity index (χ3n) is 3.84. The van der Waals surface area contributed by atoms with Gasteiger partial charge in [-0.25, -0.2) is 0 Å². The van der Waals surface area contributed by atoms with E-state index in [9.17, 15) is 9.90 Å². The molecule has 0 bridgehead atoms. The van der Waals surface area contributed by atoms with E-state index in [1.54, 1.807) is 4.90 Å². The Morgan fingerprint density at radius 3 is 3.00 bits per heavy atom. The first-order valence-corrected chi connectivity index (χ1v) is 6.70. The standard InChI is InChI=1S/C13H18N2O3/c16-9-4-3-7-15(8-9)13(17)12-10-5-1-2-6-11(10)18-14-12/h9,16H,1-8H2. The van der Waals surface area contributed by atoms with Crippen LogP contribution in [0, 0.1) is 0 Å². The van der Waals surface area contributed by atoms with Gasteiger partial charge < -0.3 is 14.5 Å². The molecule has 0 aromatic carbocycles. The number of amides is 1. The molecular weight excluding hydrogens is 232 g/mol. The van der Waals surface area contributed by atoms with Crippen molar-refractivity contribution in [2.45, 2.75) is 44.6 Å². The number of aliphatic hydroxyl groups is 1. The fourth-order valence-electron chi connectivity index (χ4n) is 2.84. The van der Waals surface area contributed by atoms with Crippen LogP contribution in [0.15, 0.2) is 4.52 Å². The Bertz CT molecular complexity index is 455. The fraction of sp³-hybridized carbons (Fsp3) is 0.692. The molecule has 1 N–H and O–H groups in total. The Labute approximate surface area is 106 Å². The first kappa shape index (κ1) is 11.7. The number of aliphatic hydroxyl groups excluding tert-OH is 1. The largest absolute Gasteiger partial charge is 0.391 e. The zero-order chi connectivity index (χ0) is 12.5. The van der Waals surface area contributed by atoms with Gasteiger partial charge in [0, 0.05) is 25.1 Å². The molecule has 1 fully saturated rings. The van der Waals surface area contributed by atoms with Crippen LogP contribution >= 0.6 is 0 Å². The van der Waals surface area contributed by atoms with Crippen molar-refractivity contribution >= 4 is 5.91 Å². The zero-order valence-corrected chi connectivity index (χ0v) is 10.4. The van der Waals surface area contributed by atoms with E-state index in [4.69, 9.17) is 4.52 Å². The number of carbonyl (C=O) groups is 1. The number of hydrogen-bond donors (Lipinski definition) is 1. The molecule has 98 valence electrons. The predicted molar refractivity (Wildman–Crippen MR) is 64.3 cm³/mol. The van der Waals surface area contributed by atoms with Gasteiger partial charge in [-0.15, -0.1) is 0 Å². The number of piperidine rings is 1. The first-order valence-electron chi connectivity index (χ1n) is 6.70. The van der Waals surface area contributed by atoms with Crippen molar-refractivity contribution in [1.29, 1.82) is 0 Å². The van der Waals surface area contributed by atoms with E-state index in [-0.39, 0.29) is 5.91 Å². The summed E-state index contributed by atoms with van der Waals surface area (Å²) in [6.07, 6.45) is 5.21. The summed E-state index contributed by atoms with van der Waals surface area (Å²) in [6, 6.07) is 0. The van der Waals surface area contributed by atoms with Crippen molar-refractivity contribution in [3.63, 3.8) is 0 Å². The SMILES string of the molecule is O=C(c1noc2c1CCCC2)N1CCCC(O)C1. The highest BCUT2D eigenvalue weighted by atomic mass is 16.5. The van der Waals surface area contributed by atoms with Gasteiger partial charge in [0.25, 0.3) is 5.91 Å². The lowest BCUT2D eigenvalue weighted by Gasteiger charge is -2.29. The quantitative estimate of drug-likeness (QED) is 0.812.